The number of halogens is 3. The van der Waals surface area contributed by atoms with Crippen LogP contribution in [0, 0.1) is 6.92 Å². The summed E-state index contributed by atoms with van der Waals surface area (Å²) in [6.45, 7) is 4.71. The summed E-state index contributed by atoms with van der Waals surface area (Å²) in [6, 6.07) is 13.8. The quantitative estimate of drug-likeness (QED) is 0.575. The first-order valence-electron chi connectivity index (χ1n) is 10.8. The summed E-state index contributed by atoms with van der Waals surface area (Å²) in [4.78, 5) is 12.4. The third-order valence-corrected chi connectivity index (χ3v) is 5.66. The molecule has 33 heavy (non-hydrogen) atoms. The molecule has 0 saturated carbocycles. The van der Waals surface area contributed by atoms with E-state index in [2.05, 4.69) is 15.3 Å². The molecule has 0 atom stereocenters. The molecule has 9 heteroatoms. The van der Waals surface area contributed by atoms with E-state index < -0.39 is 11.7 Å². The average molecular weight is 458 g/mol. The largest absolute Gasteiger partial charge is 0.418 e. The Balaban J connectivity index is 1.57. The Hall–Kier alpha value is -3.17. The lowest BCUT2D eigenvalue weighted by Gasteiger charge is -2.37. The molecule has 2 aromatic carbocycles. The minimum absolute atomic E-state index is 0.0430. The predicted molar refractivity (Wildman–Crippen MR) is 123 cm³/mol. The Labute approximate surface area is 190 Å². The predicted octanol–water partition coefficient (Wildman–Crippen LogP) is 4.33. The minimum Gasteiger partial charge on any atom is -0.395 e. The summed E-state index contributed by atoms with van der Waals surface area (Å²) >= 11 is 0. The third-order valence-electron chi connectivity index (χ3n) is 5.66. The molecule has 4 rings (SSSR count). The van der Waals surface area contributed by atoms with Crippen LogP contribution in [0.25, 0.3) is 11.3 Å². The van der Waals surface area contributed by atoms with Gasteiger partial charge < -0.3 is 15.3 Å². The van der Waals surface area contributed by atoms with Crippen LogP contribution in [0.5, 0.6) is 0 Å². The van der Waals surface area contributed by atoms with Crippen molar-refractivity contribution in [2.24, 2.45) is 0 Å². The molecule has 1 saturated heterocycles. The van der Waals surface area contributed by atoms with Crippen molar-refractivity contribution in [3.05, 3.63) is 65.9 Å². The number of piperazine rings is 1. The van der Waals surface area contributed by atoms with E-state index in [1.807, 2.05) is 36.1 Å². The van der Waals surface area contributed by atoms with Gasteiger partial charge in [-0.3, -0.25) is 4.90 Å². The lowest BCUT2D eigenvalue weighted by molar-refractivity contribution is -0.137. The second-order valence-electron chi connectivity index (χ2n) is 8.04. The first kappa shape index (κ1) is 23.0. The van der Waals surface area contributed by atoms with E-state index in [-0.39, 0.29) is 23.9 Å². The van der Waals surface area contributed by atoms with Crippen LogP contribution in [0.4, 0.5) is 30.5 Å². The van der Waals surface area contributed by atoms with Gasteiger partial charge in [-0.25, -0.2) is 9.97 Å². The van der Waals surface area contributed by atoms with E-state index in [9.17, 15) is 13.2 Å². The molecule has 0 radical (unpaired) electrons. The van der Waals surface area contributed by atoms with Gasteiger partial charge in [0.05, 0.1) is 17.9 Å². The summed E-state index contributed by atoms with van der Waals surface area (Å²) in [5, 5.41) is 12.0. The van der Waals surface area contributed by atoms with Crippen molar-refractivity contribution in [2.75, 3.05) is 49.5 Å². The number of aliphatic hydroxyl groups excluding tert-OH is 1. The van der Waals surface area contributed by atoms with Crippen molar-refractivity contribution in [1.82, 2.24) is 14.9 Å². The fraction of sp³-hybridized carbons (Fsp3) is 0.333. The van der Waals surface area contributed by atoms with E-state index in [0.29, 0.717) is 38.4 Å². The zero-order valence-electron chi connectivity index (χ0n) is 18.3. The Kier molecular flexibility index (Phi) is 6.80. The van der Waals surface area contributed by atoms with Crippen LogP contribution in [-0.2, 0) is 6.18 Å². The van der Waals surface area contributed by atoms with E-state index >= 15 is 0 Å². The number of β-amino-alcohol motifs (C(OH)–C–C–N with tert-alkyl or cyclic N) is 1. The second kappa shape index (κ2) is 9.76. The van der Waals surface area contributed by atoms with Crippen molar-refractivity contribution in [2.45, 2.75) is 13.1 Å². The number of nitrogens with zero attached hydrogens (tertiary/aromatic N) is 4. The lowest BCUT2D eigenvalue weighted by Crippen LogP contribution is -2.47. The molecule has 0 unspecified atom stereocenters. The highest BCUT2D eigenvalue weighted by Crippen LogP contribution is 2.39. The van der Waals surface area contributed by atoms with Crippen LogP contribution < -0.4 is 10.2 Å². The van der Waals surface area contributed by atoms with Gasteiger partial charge in [0.15, 0.2) is 0 Å². The maximum atomic E-state index is 13.9. The maximum absolute atomic E-state index is 13.9. The van der Waals surface area contributed by atoms with Crippen LogP contribution >= 0.6 is 0 Å². The normalized spacial score (nSPS) is 15.0. The molecule has 0 amide bonds. The fourth-order valence-corrected chi connectivity index (χ4v) is 3.98. The van der Waals surface area contributed by atoms with Crippen molar-refractivity contribution in [1.29, 1.82) is 0 Å². The van der Waals surface area contributed by atoms with Crippen molar-refractivity contribution in [3.8, 4) is 11.3 Å². The summed E-state index contributed by atoms with van der Waals surface area (Å²) < 4.78 is 41.7. The second-order valence-corrected chi connectivity index (χ2v) is 8.04. The molecule has 2 heterocycles. The molecule has 174 valence electrons. The number of hydrogen-bond donors (Lipinski definition) is 2. The van der Waals surface area contributed by atoms with E-state index in [0.717, 1.165) is 17.2 Å². The average Bonchev–Trinajstić information content (AvgIpc) is 2.79. The van der Waals surface area contributed by atoms with Gasteiger partial charge in [0.25, 0.3) is 0 Å². The molecule has 0 spiro atoms. The van der Waals surface area contributed by atoms with Crippen molar-refractivity contribution >= 4 is 17.3 Å². The Morgan fingerprint density at radius 2 is 1.82 bits per heavy atom. The maximum Gasteiger partial charge on any atom is 0.418 e. The van der Waals surface area contributed by atoms with Crippen molar-refractivity contribution < 1.29 is 18.3 Å². The lowest BCUT2D eigenvalue weighted by atomic mass is 10.1. The van der Waals surface area contributed by atoms with Gasteiger partial charge in [0.2, 0.25) is 5.95 Å². The SMILES string of the molecule is Cc1cccc(-c2ccnc(Nc3ccc(N4CCN(CCO)CC4)c(C(F)(F)F)c3)n2)c1. The van der Waals surface area contributed by atoms with E-state index in [4.69, 9.17) is 5.11 Å². The smallest absolute Gasteiger partial charge is 0.395 e. The molecule has 0 aliphatic carbocycles. The van der Waals surface area contributed by atoms with Crippen molar-refractivity contribution in [3.63, 3.8) is 0 Å². The van der Waals surface area contributed by atoms with Gasteiger partial charge in [-0.05, 0) is 37.3 Å². The molecule has 1 aliphatic heterocycles. The van der Waals surface area contributed by atoms with Gasteiger partial charge >= 0.3 is 6.18 Å². The van der Waals surface area contributed by atoms with Crippen LogP contribution in [0.15, 0.2) is 54.7 Å². The molecular formula is C24H26F3N5O. The summed E-state index contributed by atoms with van der Waals surface area (Å²) in [5.41, 5.74) is 2.41. The van der Waals surface area contributed by atoms with Gasteiger partial charge in [-0.15, -0.1) is 0 Å². The Morgan fingerprint density at radius 3 is 2.52 bits per heavy atom. The summed E-state index contributed by atoms with van der Waals surface area (Å²) in [7, 11) is 0. The van der Waals surface area contributed by atoms with Crippen LogP contribution in [0.3, 0.4) is 0 Å². The molecule has 1 fully saturated rings. The minimum atomic E-state index is -4.50. The zero-order chi connectivity index (χ0) is 23.4. The van der Waals surface area contributed by atoms with Gasteiger partial charge in [-0.2, -0.15) is 13.2 Å². The Bertz CT molecular complexity index is 1100. The standard InChI is InChI=1S/C24H26F3N5O/c1-17-3-2-4-18(15-17)21-7-8-28-23(30-21)29-19-5-6-22(20(16-19)24(25,26)27)32-11-9-31(10-12-32)13-14-33/h2-8,15-16,33H,9-14H2,1H3,(H,28,29,30). The van der Waals surface area contributed by atoms with Crippen LogP contribution in [0.2, 0.25) is 0 Å². The summed E-state index contributed by atoms with van der Waals surface area (Å²) in [5.74, 6) is 0.229. The van der Waals surface area contributed by atoms with Crippen LogP contribution in [0.1, 0.15) is 11.1 Å². The van der Waals surface area contributed by atoms with E-state index in [1.165, 1.54) is 6.07 Å². The first-order chi connectivity index (χ1) is 15.8. The fourth-order valence-electron chi connectivity index (χ4n) is 3.98. The molecule has 2 N–H and O–H groups in total. The topological polar surface area (TPSA) is 64.5 Å². The molecule has 1 aromatic heterocycles. The van der Waals surface area contributed by atoms with Gasteiger partial charge in [-0.1, -0.05) is 23.8 Å². The molecule has 3 aromatic rings. The number of rotatable bonds is 6. The third kappa shape index (κ3) is 5.61. The number of hydrogen-bond acceptors (Lipinski definition) is 6. The summed E-state index contributed by atoms with van der Waals surface area (Å²) in [6.07, 6.45) is -2.92. The van der Waals surface area contributed by atoms with Gasteiger partial charge in [0, 0.05) is 55.9 Å². The molecule has 1 aliphatic rings. The highest BCUT2D eigenvalue weighted by atomic mass is 19.4. The monoisotopic (exact) mass is 457 g/mol. The number of aromatic nitrogens is 2. The van der Waals surface area contributed by atoms with Gasteiger partial charge in [0.1, 0.15) is 0 Å². The molecule has 6 nitrogen and oxygen atoms in total. The van der Waals surface area contributed by atoms with E-state index in [1.54, 1.807) is 23.2 Å². The first-order valence-corrected chi connectivity index (χ1v) is 10.8. The highest BCUT2D eigenvalue weighted by molar-refractivity contribution is 5.66. The number of alkyl halides is 3. The number of anilines is 3. The molecular weight excluding hydrogens is 431 g/mol. The zero-order valence-corrected chi connectivity index (χ0v) is 18.3. The number of aliphatic hydroxyl groups is 1. The molecule has 0 bridgehead atoms. The number of aryl methyl sites for hydroxylation is 1. The number of nitrogens with one attached hydrogen (secondary N) is 1. The Morgan fingerprint density at radius 1 is 1.03 bits per heavy atom. The number of benzene rings is 2. The highest BCUT2D eigenvalue weighted by Gasteiger charge is 2.36. The van der Waals surface area contributed by atoms with Crippen LogP contribution in [-0.4, -0.2) is 59.3 Å².